The molecule has 0 spiro atoms. The highest BCUT2D eigenvalue weighted by molar-refractivity contribution is 5.59. The molecule has 1 N–H and O–H groups in total. The maximum Gasteiger partial charge on any atom is 0.158 e. The van der Waals surface area contributed by atoms with Crippen molar-refractivity contribution < 1.29 is 14.2 Å². The van der Waals surface area contributed by atoms with Crippen LogP contribution >= 0.6 is 0 Å². The van der Waals surface area contributed by atoms with Crippen LogP contribution in [-0.2, 0) is 14.2 Å². The first kappa shape index (κ1) is 28.9. The summed E-state index contributed by atoms with van der Waals surface area (Å²) in [5.74, 6) is 2.21. The van der Waals surface area contributed by atoms with E-state index < -0.39 is 0 Å². The molecule has 1 aromatic carbocycles. The Kier molecular flexibility index (Phi) is 8.71. The van der Waals surface area contributed by atoms with E-state index in [9.17, 15) is 0 Å². The van der Waals surface area contributed by atoms with Gasteiger partial charge in [-0.15, -0.1) is 0 Å². The fraction of sp³-hybridized carbons (Fsp3) is 0.316. The molecule has 43 heavy (non-hydrogen) atoms. The number of nitrogens with zero attached hydrogens (tertiary/aromatic N) is 1. The van der Waals surface area contributed by atoms with Gasteiger partial charge >= 0.3 is 0 Å². The zero-order chi connectivity index (χ0) is 29.8. The number of hydrogen-bond acceptors (Lipinski definition) is 5. The van der Waals surface area contributed by atoms with Crippen LogP contribution in [0.2, 0.25) is 0 Å². The first-order chi connectivity index (χ1) is 21.1. The van der Waals surface area contributed by atoms with Gasteiger partial charge in [0.05, 0.1) is 39.5 Å². The molecular weight excluding hydrogens is 532 g/mol. The Labute approximate surface area is 256 Å². The van der Waals surface area contributed by atoms with Gasteiger partial charge in [-0.2, -0.15) is 0 Å². The van der Waals surface area contributed by atoms with Crippen molar-refractivity contribution in [2.45, 2.75) is 44.8 Å². The van der Waals surface area contributed by atoms with Crippen molar-refractivity contribution >= 4 is 5.69 Å². The molecule has 0 saturated heterocycles. The standard InChI is InChI=1S/C38H42N2O3/c1-26-23-31(21-22-43-35-16-9-8-13-32(26)35)40-25-37(42-4)36(41-3)24-27(2)38-33(14-10-15-34(38)40)39-30-19-17-29(18-20-30)28-11-6-5-7-12-28/h5-11,13-14,16-21,23-24,28,32,34-35,39H,12,15,22,25H2,1-4H3. The minimum Gasteiger partial charge on any atom is -0.495 e. The molecule has 0 bridgehead atoms. The molecule has 3 aliphatic carbocycles. The summed E-state index contributed by atoms with van der Waals surface area (Å²) < 4.78 is 18.2. The first-order valence-corrected chi connectivity index (χ1v) is 15.3. The van der Waals surface area contributed by atoms with Gasteiger partial charge < -0.3 is 24.4 Å². The lowest BCUT2D eigenvalue weighted by Gasteiger charge is -2.41. The van der Waals surface area contributed by atoms with Gasteiger partial charge in [0, 0.05) is 34.5 Å². The molecule has 2 heterocycles. The molecular formula is C38H42N2O3. The zero-order valence-electron chi connectivity index (χ0n) is 25.6. The van der Waals surface area contributed by atoms with E-state index in [1.54, 1.807) is 14.2 Å². The Balaban J connectivity index is 1.38. The second-order valence-corrected chi connectivity index (χ2v) is 11.6. The van der Waals surface area contributed by atoms with Crippen molar-refractivity contribution in [1.82, 2.24) is 4.90 Å². The smallest absolute Gasteiger partial charge is 0.158 e. The molecule has 6 rings (SSSR count). The zero-order valence-corrected chi connectivity index (χ0v) is 25.6. The van der Waals surface area contributed by atoms with E-state index in [-0.39, 0.29) is 18.1 Å². The lowest BCUT2D eigenvalue weighted by atomic mass is 9.86. The van der Waals surface area contributed by atoms with Crippen LogP contribution in [0.5, 0.6) is 0 Å². The van der Waals surface area contributed by atoms with Gasteiger partial charge in [-0.05, 0) is 74.3 Å². The van der Waals surface area contributed by atoms with Crippen LogP contribution in [0.1, 0.15) is 38.2 Å². The number of methoxy groups -OCH3 is 2. The fourth-order valence-corrected chi connectivity index (χ4v) is 6.66. The molecule has 0 radical (unpaired) electrons. The third-order valence-electron chi connectivity index (χ3n) is 8.97. The van der Waals surface area contributed by atoms with Crippen molar-refractivity contribution in [2.24, 2.45) is 5.92 Å². The SMILES string of the molecule is COC1=C(OC)CN(C2=CCOC3C=CC=CC3C(C)=C2)C2CC=CC(Nc3ccc(C4C=CC=CC4)cc3)=C2C(C)=C1. The Morgan fingerprint density at radius 1 is 0.884 bits per heavy atom. The van der Waals surface area contributed by atoms with E-state index in [4.69, 9.17) is 14.2 Å². The summed E-state index contributed by atoms with van der Waals surface area (Å²) in [5.41, 5.74) is 8.32. The van der Waals surface area contributed by atoms with Crippen molar-refractivity contribution in [3.05, 3.63) is 148 Å². The van der Waals surface area contributed by atoms with Gasteiger partial charge in [0.15, 0.2) is 11.5 Å². The topological polar surface area (TPSA) is 43.0 Å². The highest BCUT2D eigenvalue weighted by Crippen LogP contribution is 2.38. The number of anilines is 1. The molecule has 1 aromatic rings. The third kappa shape index (κ3) is 6.14. The summed E-state index contributed by atoms with van der Waals surface area (Å²) >= 11 is 0. The molecule has 0 saturated carbocycles. The average Bonchev–Trinajstić information content (AvgIpc) is 3.03. The van der Waals surface area contributed by atoms with Crippen LogP contribution in [0.3, 0.4) is 0 Å². The second kappa shape index (κ2) is 13.0. The summed E-state index contributed by atoms with van der Waals surface area (Å²) in [4.78, 5) is 2.45. The quantitative estimate of drug-likeness (QED) is 0.373. The third-order valence-corrected chi connectivity index (χ3v) is 8.97. The van der Waals surface area contributed by atoms with E-state index in [0.717, 1.165) is 47.0 Å². The van der Waals surface area contributed by atoms with Crippen molar-refractivity contribution in [3.8, 4) is 0 Å². The predicted molar refractivity (Wildman–Crippen MR) is 175 cm³/mol. The fourth-order valence-electron chi connectivity index (χ4n) is 6.66. The molecule has 2 aliphatic heterocycles. The minimum atomic E-state index is 0.0620. The van der Waals surface area contributed by atoms with E-state index in [1.807, 2.05) is 0 Å². The predicted octanol–water partition coefficient (Wildman–Crippen LogP) is 8.02. The summed E-state index contributed by atoms with van der Waals surface area (Å²) in [6, 6.07) is 8.96. The molecule has 0 fully saturated rings. The molecule has 4 unspecified atom stereocenters. The second-order valence-electron chi connectivity index (χ2n) is 11.6. The van der Waals surface area contributed by atoms with Crippen LogP contribution in [0.15, 0.2) is 143 Å². The summed E-state index contributed by atoms with van der Waals surface area (Å²) in [6.45, 7) is 5.50. The van der Waals surface area contributed by atoms with Crippen LogP contribution in [0.25, 0.3) is 0 Å². The Morgan fingerprint density at radius 2 is 1.70 bits per heavy atom. The van der Waals surface area contributed by atoms with Gasteiger partial charge in [-0.25, -0.2) is 0 Å². The molecule has 222 valence electrons. The molecule has 5 aliphatic rings. The van der Waals surface area contributed by atoms with Crippen LogP contribution in [0.4, 0.5) is 5.69 Å². The summed E-state index contributed by atoms with van der Waals surface area (Å²) in [5, 5.41) is 3.77. The lowest BCUT2D eigenvalue weighted by Crippen LogP contribution is -2.41. The van der Waals surface area contributed by atoms with Gasteiger partial charge in [-0.3, -0.25) is 0 Å². The number of hydrogen-bond donors (Lipinski definition) is 1. The van der Waals surface area contributed by atoms with Gasteiger partial charge in [-0.1, -0.05) is 72.4 Å². The number of rotatable bonds is 6. The molecule has 5 heteroatoms. The van der Waals surface area contributed by atoms with Crippen LogP contribution < -0.4 is 5.32 Å². The lowest BCUT2D eigenvalue weighted by molar-refractivity contribution is 0.0846. The van der Waals surface area contributed by atoms with E-state index >= 15 is 0 Å². The molecule has 0 aromatic heterocycles. The number of fused-ring (bicyclic) bond motifs is 2. The first-order valence-electron chi connectivity index (χ1n) is 15.3. The normalized spacial score (nSPS) is 26.8. The van der Waals surface area contributed by atoms with Crippen molar-refractivity contribution in [1.29, 1.82) is 0 Å². The Hall–Kier alpha value is -4.22. The summed E-state index contributed by atoms with van der Waals surface area (Å²) in [6.07, 6.45) is 30.5. The average molecular weight is 575 g/mol. The van der Waals surface area contributed by atoms with Gasteiger partial charge in [0.1, 0.15) is 0 Å². The maximum absolute atomic E-state index is 6.33. The summed E-state index contributed by atoms with van der Waals surface area (Å²) in [7, 11) is 3.44. The molecule has 0 amide bonds. The minimum absolute atomic E-state index is 0.0620. The number of nitrogens with one attached hydrogen (secondary N) is 1. The van der Waals surface area contributed by atoms with Gasteiger partial charge in [0.2, 0.25) is 0 Å². The monoisotopic (exact) mass is 574 g/mol. The Morgan fingerprint density at radius 3 is 2.47 bits per heavy atom. The molecule has 5 nitrogen and oxygen atoms in total. The van der Waals surface area contributed by atoms with E-state index in [1.165, 1.54) is 16.7 Å². The van der Waals surface area contributed by atoms with Crippen molar-refractivity contribution in [3.63, 3.8) is 0 Å². The number of allylic oxidation sites excluding steroid dienone is 9. The highest BCUT2D eigenvalue weighted by Gasteiger charge is 2.33. The number of ether oxygens (including phenoxy) is 3. The van der Waals surface area contributed by atoms with Gasteiger partial charge in [0.25, 0.3) is 0 Å². The molecule has 4 atom stereocenters. The van der Waals surface area contributed by atoms with Crippen molar-refractivity contribution in [2.75, 3.05) is 32.7 Å². The van der Waals surface area contributed by atoms with E-state index in [2.05, 4.69) is 127 Å². The maximum atomic E-state index is 6.33. The number of benzene rings is 1. The van der Waals surface area contributed by atoms with Crippen LogP contribution in [0, 0.1) is 5.92 Å². The highest BCUT2D eigenvalue weighted by atomic mass is 16.5. The Bertz CT molecular complexity index is 1530. The van der Waals surface area contributed by atoms with Crippen LogP contribution in [-0.4, -0.2) is 44.4 Å². The largest absolute Gasteiger partial charge is 0.495 e. The van der Waals surface area contributed by atoms with E-state index in [0.29, 0.717) is 19.1 Å².